The van der Waals surface area contributed by atoms with Crippen LogP contribution in [0.5, 0.6) is 0 Å². The minimum absolute atomic E-state index is 0.0588. The molecule has 3 rings (SSSR count). The van der Waals surface area contributed by atoms with Crippen LogP contribution in [-0.2, 0) is 9.53 Å². The molecule has 0 bridgehead atoms. The number of nitrogens with one attached hydrogen (secondary N) is 2. The van der Waals surface area contributed by atoms with Gasteiger partial charge < -0.3 is 20.4 Å². The Labute approximate surface area is 152 Å². The van der Waals surface area contributed by atoms with Crippen LogP contribution in [0.15, 0.2) is 39.6 Å². The third-order valence-electron chi connectivity index (χ3n) is 4.13. The molecule has 0 spiro atoms. The normalized spacial score (nSPS) is 20.1. The number of hydrogen-bond donors (Lipinski definition) is 2. The molecule has 2 aliphatic heterocycles. The molecule has 10 heteroatoms. The first kappa shape index (κ1) is 18.2. The molecule has 1 atom stereocenters. The average molecular weight is 381 g/mol. The molecule has 0 amide bonds. The molecule has 1 fully saturated rings. The number of halogens is 2. The largest absolute Gasteiger partial charge is 0.468 e. The van der Waals surface area contributed by atoms with Crippen LogP contribution in [0, 0.1) is 11.3 Å². The number of hydrogen-bond acceptors (Lipinski definition) is 8. The van der Waals surface area contributed by atoms with Gasteiger partial charge in [-0.15, -0.1) is 11.3 Å². The Morgan fingerprint density at radius 1 is 1.58 bits per heavy atom. The van der Waals surface area contributed by atoms with Gasteiger partial charge in [0.05, 0.1) is 13.2 Å². The Bertz CT molecular complexity index is 761. The quantitative estimate of drug-likeness (QED) is 0.408. The molecule has 0 aromatic carbocycles. The molecule has 2 aliphatic rings. The van der Waals surface area contributed by atoms with Gasteiger partial charge in [0.15, 0.2) is 10.8 Å². The van der Waals surface area contributed by atoms with Crippen LogP contribution in [0.25, 0.3) is 0 Å². The zero-order chi connectivity index (χ0) is 18.5. The van der Waals surface area contributed by atoms with Crippen molar-refractivity contribution >= 4 is 29.9 Å². The number of thiazole rings is 1. The van der Waals surface area contributed by atoms with E-state index < -0.39 is 6.55 Å². The number of allylic oxidation sites excluding steroid dienone is 1. The van der Waals surface area contributed by atoms with Crippen molar-refractivity contribution in [3.63, 3.8) is 0 Å². The number of carbonyl (C=O) groups excluding carboxylic acids is 1. The third kappa shape index (κ3) is 3.79. The minimum atomic E-state index is -2.71. The molecule has 7 nitrogen and oxygen atoms in total. The van der Waals surface area contributed by atoms with Gasteiger partial charge in [0, 0.05) is 53.3 Å². The zero-order valence-corrected chi connectivity index (χ0v) is 14.5. The second-order valence-electron chi connectivity index (χ2n) is 5.72. The number of carbonyl (C=O) groups is 1. The van der Waals surface area contributed by atoms with Crippen molar-refractivity contribution in [2.75, 3.05) is 19.7 Å². The second-order valence-corrected chi connectivity index (χ2v) is 6.62. The topological polar surface area (TPSA) is 90.7 Å². The zero-order valence-electron chi connectivity index (χ0n) is 13.7. The van der Waals surface area contributed by atoms with E-state index in [2.05, 4.69) is 9.98 Å². The SMILES string of the molecule is N=C/C(=C\NC(F)F)C1=C2CC(COC=O)CN2C(c2nccs2)=NC1. The van der Waals surface area contributed by atoms with Crippen molar-refractivity contribution in [1.82, 2.24) is 15.2 Å². The highest BCUT2D eigenvalue weighted by Crippen LogP contribution is 2.36. The average Bonchev–Trinajstić information content (AvgIpc) is 3.30. The van der Waals surface area contributed by atoms with Crippen LogP contribution in [0.1, 0.15) is 11.4 Å². The molecule has 26 heavy (non-hydrogen) atoms. The number of fused-ring (bicyclic) bond motifs is 1. The van der Waals surface area contributed by atoms with Crippen LogP contribution in [0.3, 0.4) is 0 Å². The fraction of sp³-hybridized carbons (Fsp3) is 0.375. The van der Waals surface area contributed by atoms with Gasteiger partial charge in [-0.3, -0.25) is 9.79 Å². The smallest absolute Gasteiger partial charge is 0.312 e. The number of aliphatic imine (C=N–C) groups is 1. The molecule has 1 aromatic rings. The van der Waals surface area contributed by atoms with Crippen molar-refractivity contribution in [3.8, 4) is 0 Å². The van der Waals surface area contributed by atoms with E-state index in [0.717, 1.165) is 29.0 Å². The van der Waals surface area contributed by atoms with Crippen molar-refractivity contribution in [3.05, 3.63) is 39.6 Å². The highest BCUT2D eigenvalue weighted by Gasteiger charge is 2.36. The molecular formula is C16H17F2N5O2S. The summed E-state index contributed by atoms with van der Waals surface area (Å²) in [5.41, 5.74) is 1.96. The van der Waals surface area contributed by atoms with Gasteiger partial charge in [-0.05, 0) is 6.42 Å². The first-order valence-corrected chi connectivity index (χ1v) is 8.76. The standard InChI is InChI=1S/C16H17F2N5O2S/c17-16(18)22-5-11(4-19)12-6-21-14(15-20-1-2-26-15)23-7-10(3-13(12)23)8-25-9-24/h1-2,4-5,9-10,16,19,22H,3,6-8H2/b11-5+,19-4?. The van der Waals surface area contributed by atoms with Crippen LogP contribution in [0.4, 0.5) is 8.78 Å². The molecule has 138 valence electrons. The van der Waals surface area contributed by atoms with E-state index in [9.17, 15) is 13.6 Å². The molecule has 0 radical (unpaired) electrons. The van der Waals surface area contributed by atoms with Gasteiger partial charge in [0.2, 0.25) is 0 Å². The van der Waals surface area contributed by atoms with Crippen LogP contribution < -0.4 is 5.32 Å². The van der Waals surface area contributed by atoms with Gasteiger partial charge in [0.25, 0.3) is 6.47 Å². The van der Waals surface area contributed by atoms with Gasteiger partial charge in [0.1, 0.15) is 0 Å². The molecule has 2 N–H and O–H groups in total. The lowest BCUT2D eigenvalue weighted by Gasteiger charge is -2.28. The lowest BCUT2D eigenvalue weighted by molar-refractivity contribution is -0.129. The van der Waals surface area contributed by atoms with Crippen LogP contribution >= 0.6 is 11.3 Å². The lowest BCUT2D eigenvalue weighted by atomic mass is 10.0. The molecule has 3 heterocycles. The lowest BCUT2D eigenvalue weighted by Crippen LogP contribution is -2.33. The Hall–Kier alpha value is -2.62. The predicted molar refractivity (Wildman–Crippen MR) is 93.4 cm³/mol. The summed E-state index contributed by atoms with van der Waals surface area (Å²) in [5.74, 6) is 0.780. The molecule has 1 aromatic heterocycles. The Morgan fingerprint density at radius 2 is 2.42 bits per heavy atom. The van der Waals surface area contributed by atoms with Crippen molar-refractivity contribution in [2.45, 2.75) is 13.0 Å². The van der Waals surface area contributed by atoms with E-state index in [1.165, 1.54) is 11.3 Å². The predicted octanol–water partition coefficient (Wildman–Crippen LogP) is 2.00. The first-order chi connectivity index (χ1) is 12.6. The summed E-state index contributed by atoms with van der Waals surface area (Å²) in [5, 5.41) is 12.1. The monoisotopic (exact) mass is 381 g/mol. The van der Waals surface area contributed by atoms with Gasteiger partial charge in [-0.2, -0.15) is 8.78 Å². The number of nitrogens with zero attached hydrogens (tertiary/aromatic N) is 3. The van der Waals surface area contributed by atoms with E-state index >= 15 is 0 Å². The fourth-order valence-corrected chi connectivity index (χ4v) is 3.73. The molecule has 0 saturated carbocycles. The van der Waals surface area contributed by atoms with Gasteiger partial charge in [-0.25, -0.2) is 4.98 Å². The fourth-order valence-electron chi connectivity index (χ4n) is 3.08. The Kier molecular flexibility index (Phi) is 5.71. The Morgan fingerprint density at radius 3 is 3.08 bits per heavy atom. The summed E-state index contributed by atoms with van der Waals surface area (Å²) < 4.78 is 29.8. The maximum Gasteiger partial charge on any atom is 0.312 e. The van der Waals surface area contributed by atoms with Crippen LogP contribution in [-0.4, -0.2) is 54.7 Å². The van der Waals surface area contributed by atoms with E-state index in [1.807, 2.05) is 15.6 Å². The summed E-state index contributed by atoms with van der Waals surface area (Å²) in [6, 6.07) is 0. The first-order valence-electron chi connectivity index (χ1n) is 7.88. The van der Waals surface area contributed by atoms with E-state index in [-0.39, 0.29) is 19.1 Å². The molecular weight excluding hydrogens is 364 g/mol. The van der Waals surface area contributed by atoms with Crippen molar-refractivity contribution in [2.24, 2.45) is 10.9 Å². The highest BCUT2D eigenvalue weighted by atomic mass is 32.1. The summed E-state index contributed by atoms with van der Waals surface area (Å²) in [7, 11) is 0. The maximum absolute atomic E-state index is 12.5. The van der Waals surface area contributed by atoms with E-state index in [1.54, 1.807) is 6.20 Å². The maximum atomic E-state index is 12.5. The van der Waals surface area contributed by atoms with E-state index in [0.29, 0.717) is 30.6 Å². The Balaban J connectivity index is 1.93. The summed E-state index contributed by atoms with van der Waals surface area (Å²) in [4.78, 5) is 21.4. The minimum Gasteiger partial charge on any atom is -0.468 e. The highest BCUT2D eigenvalue weighted by molar-refractivity contribution is 7.11. The number of aromatic nitrogens is 1. The van der Waals surface area contributed by atoms with Crippen molar-refractivity contribution < 1.29 is 18.3 Å². The molecule has 1 saturated heterocycles. The third-order valence-corrected chi connectivity index (χ3v) is 4.90. The van der Waals surface area contributed by atoms with Gasteiger partial charge in [-0.1, -0.05) is 0 Å². The molecule has 1 unspecified atom stereocenters. The van der Waals surface area contributed by atoms with Crippen LogP contribution in [0.2, 0.25) is 0 Å². The van der Waals surface area contributed by atoms with Gasteiger partial charge >= 0.3 is 6.55 Å². The summed E-state index contributed by atoms with van der Waals surface area (Å²) in [6.07, 6.45) is 4.47. The van der Waals surface area contributed by atoms with E-state index in [4.69, 9.17) is 10.1 Å². The van der Waals surface area contributed by atoms with Crippen molar-refractivity contribution in [1.29, 1.82) is 5.41 Å². The number of alkyl halides is 2. The number of ether oxygens (including phenoxy) is 1. The number of amidine groups is 1. The number of rotatable bonds is 8. The second kappa shape index (κ2) is 8.17. The summed E-state index contributed by atoms with van der Waals surface area (Å²) in [6.45, 7) is -1.17. The molecule has 0 aliphatic carbocycles. The summed E-state index contributed by atoms with van der Waals surface area (Å²) >= 11 is 1.46.